The molecule has 2 rings (SSSR count). The monoisotopic (exact) mass is 292 g/mol. The summed E-state index contributed by atoms with van der Waals surface area (Å²) in [7, 11) is 0. The summed E-state index contributed by atoms with van der Waals surface area (Å²) in [4.78, 5) is 9.06. The van der Waals surface area contributed by atoms with Gasteiger partial charge in [0.05, 0.1) is 12.3 Å². The maximum Gasteiger partial charge on any atom is 0.159 e. The van der Waals surface area contributed by atoms with E-state index in [1.54, 1.807) is 19.1 Å². The third kappa shape index (κ3) is 3.61. The summed E-state index contributed by atoms with van der Waals surface area (Å²) < 4.78 is 26.4. The van der Waals surface area contributed by atoms with Crippen molar-refractivity contribution in [1.82, 2.24) is 4.98 Å². The third-order valence-corrected chi connectivity index (χ3v) is 2.74. The highest BCUT2D eigenvalue weighted by Gasteiger charge is 2.12. The van der Waals surface area contributed by atoms with Crippen LogP contribution in [0.4, 0.5) is 8.78 Å². The number of hydrogen-bond acceptors (Lipinski definition) is 4. The first kappa shape index (κ1) is 15.1. The zero-order valence-electron chi connectivity index (χ0n) is 11.4. The van der Waals surface area contributed by atoms with Crippen molar-refractivity contribution >= 4 is 5.71 Å². The van der Waals surface area contributed by atoms with E-state index >= 15 is 0 Å². The molecule has 0 aliphatic carbocycles. The molecule has 0 aliphatic rings. The Bertz CT molecular complexity index is 643. The fourth-order valence-electron chi connectivity index (χ4n) is 1.70. The minimum Gasteiger partial charge on any atom is -0.396 e. The Labute approximate surface area is 120 Å². The van der Waals surface area contributed by atoms with Gasteiger partial charge in [-0.15, -0.1) is 0 Å². The largest absolute Gasteiger partial charge is 0.396 e. The zero-order valence-corrected chi connectivity index (χ0v) is 11.4. The second-order valence-corrected chi connectivity index (χ2v) is 4.18. The molecule has 0 bridgehead atoms. The standard InChI is InChI=1S/C15H14F2N2O2/c1-2-21-19-15(10-4-6-13(16)14(17)7-10)11-3-5-12(9-20)18-8-11/h3-8,20H,2,9H2,1H3/b19-15+. The van der Waals surface area contributed by atoms with E-state index in [0.29, 0.717) is 29.1 Å². The van der Waals surface area contributed by atoms with E-state index in [1.807, 2.05) is 0 Å². The first-order chi connectivity index (χ1) is 10.2. The number of halogens is 2. The highest BCUT2D eigenvalue weighted by atomic mass is 19.2. The molecule has 21 heavy (non-hydrogen) atoms. The Hall–Kier alpha value is -2.34. The first-order valence-electron chi connectivity index (χ1n) is 6.37. The predicted octanol–water partition coefficient (Wildman–Crippen LogP) is 2.64. The number of aromatic nitrogens is 1. The lowest BCUT2D eigenvalue weighted by molar-refractivity contribution is 0.159. The molecule has 1 heterocycles. The maximum absolute atomic E-state index is 13.4. The molecule has 0 saturated carbocycles. The van der Waals surface area contributed by atoms with Crippen molar-refractivity contribution in [2.45, 2.75) is 13.5 Å². The normalized spacial score (nSPS) is 11.5. The van der Waals surface area contributed by atoms with E-state index in [0.717, 1.165) is 12.1 Å². The average molecular weight is 292 g/mol. The number of aliphatic hydroxyl groups excluding tert-OH is 1. The van der Waals surface area contributed by atoms with Gasteiger partial charge in [0.25, 0.3) is 0 Å². The number of pyridine rings is 1. The van der Waals surface area contributed by atoms with Gasteiger partial charge in [0, 0.05) is 17.3 Å². The van der Waals surface area contributed by atoms with E-state index in [-0.39, 0.29) is 6.61 Å². The Morgan fingerprint density at radius 1 is 1.19 bits per heavy atom. The molecule has 6 heteroatoms. The van der Waals surface area contributed by atoms with Crippen LogP contribution in [0.2, 0.25) is 0 Å². The van der Waals surface area contributed by atoms with Gasteiger partial charge < -0.3 is 9.94 Å². The van der Waals surface area contributed by atoms with Crippen LogP contribution < -0.4 is 0 Å². The molecule has 0 aliphatic heterocycles. The quantitative estimate of drug-likeness (QED) is 0.681. The molecular formula is C15H14F2N2O2. The van der Waals surface area contributed by atoms with Crippen LogP contribution in [0.15, 0.2) is 41.7 Å². The van der Waals surface area contributed by atoms with Crippen LogP contribution in [0.25, 0.3) is 0 Å². The summed E-state index contributed by atoms with van der Waals surface area (Å²) in [6.07, 6.45) is 1.49. The van der Waals surface area contributed by atoms with Gasteiger partial charge in [-0.05, 0) is 37.3 Å². The van der Waals surface area contributed by atoms with Crippen LogP contribution in [-0.2, 0) is 11.4 Å². The fraction of sp³-hybridized carbons (Fsp3) is 0.200. The Morgan fingerprint density at radius 3 is 2.52 bits per heavy atom. The van der Waals surface area contributed by atoms with Crippen LogP contribution in [-0.4, -0.2) is 22.4 Å². The van der Waals surface area contributed by atoms with Crippen molar-refractivity contribution in [3.8, 4) is 0 Å². The van der Waals surface area contributed by atoms with Crippen LogP contribution in [0, 0.1) is 11.6 Å². The average Bonchev–Trinajstić information content (AvgIpc) is 2.51. The molecule has 2 aromatic rings. The second-order valence-electron chi connectivity index (χ2n) is 4.18. The lowest BCUT2D eigenvalue weighted by Crippen LogP contribution is -2.07. The van der Waals surface area contributed by atoms with E-state index in [2.05, 4.69) is 10.1 Å². The molecule has 1 N–H and O–H groups in total. The van der Waals surface area contributed by atoms with Gasteiger partial charge in [-0.1, -0.05) is 5.16 Å². The predicted molar refractivity (Wildman–Crippen MR) is 73.8 cm³/mol. The van der Waals surface area contributed by atoms with Crippen LogP contribution in [0.3, 0.4) is 0 Å². The first-order valence-corrected chi connectivity index (χ1v) is 6.37. The lowest BCUT2D eigenvalue weighted by atomic mass is 10.0. The van der Waals surface area contributed by atoms with E-state index in [4.69, 9.17) is 9.94 Å². The molecule has 0 unspecified atom stereocenters. The van der Waals surface area contributed by atoms with Crippen molar-refractivity contribution in [3.05, 3.63) is 65.0 Å². The number of nitrogens with zero attached hydrogens (tertiary/aromatic N) is 2. The minimum absolute atomic E-state index is 0.177. The van der Waals surface area contributed by atoms with Crippen molar-refractivity contribution in [1.29, 1.82) is 0 Å². The molecule has 0 saturated heterocycles. The minimum atomic E-state index is -0.961. The van der Waals surface area contributed by atoms with Gasteiger partial charge in [0.1, 0.15) is 12.3 Å². The SMILES string of the molecule is CCO/N=C(/c1ccc(CO)nc1)c1ccc(F)c(F)c1. The molecule has 4 nitrogen and oxygen atoms in total. The highest BCUT2D eigenvalue weighted by Crippen LogP contribution is 2.15. The van der Waals surface area contributed by atoms with Gasteiger partial charge in [0.15, 0.2) is 11.6 Å². The van der Waals surface area contributed by atoms with E-state index in [9.17, 15) is 8.78 Å². The van der Waals surface area contributed by atoms with Crippen LogP contribution >= 0.6 is 0 Å². The van der Waals surface area contributed by atoms with Gasteiger partial charge >= 0.3 is 0 Å². The van der Waals surface area contributed by atoms with Gasteiger partial charge in [0.2, 0.25) is 0 Å². The van der Waals surface area contributed by atoms with Crippen LogP contribution in [0.5, 0.6) is 0 Å². The molecule has 0 fully saturated rings. The van der Waals surface area contributed by atoms with Crippen LogP contribution in [0.1, 0.15) is 23.7 Å². The molecule has 0 amide bonds. The smallest absolute Gasteiger partial charge is 0.159 e. The third-order valence-electron chi connectivity index (χ3n) is 2.74. The van der Waals surface area contributed by atoms with Gasteiger partial charge in [-0.25, -0.2) is 8.78 Å². The van der Waals surface area contributed by atoms with E-state index < -0.39 is 11.6 Å². The summed E-state index contributed by atoms with van der Waals surface area (Å²) >= 11 is 0. The van der Waals surface area contributed by atoms with Gasteiger partial charge in [-0.3, -0.25) is 4.98 Å². The van der Waals surface area contributed by atoms with E-state index in [1.165, 1.54) is 12.3 Å². The number of aliphatic hydroxyl groups is 1. The van der Waals surface area contributed by atoms with Crippen molar-refractivity contribution in [3.63, 3.8) is 0 Å². The Kier molecular flexibility index (Phi) is 4.94. The Morgan fingerprint density at radius 2 is 1.95 bits per heavy atom. The molecule has 1 aromatic heterocycles. The number of benzene rings is 1. The summed E-state index contributed by atoms with van der Waals surface area (Å²) in [6.45, 7) is 1.93. The summed E-state index contributed by atoms with van der Waals surface area (Å²) in [5.74, 6) is -1.89. The summed E-state index contributed by atoms with van der Waals surface area (Å²) in [5, 5.41) is 12.9. The molecule has 0 atom stereocenters. The van der Waals surface area contributed by atoms with Gasteiger partial charge in [-0.2, -0.15) is 0 Å². The maximum atomic E-state index is 13.4. The van der Waals surface area contributed by atoms with Crippen molar-refractivity contribution in [2.24, 2.45) is 5.16 Å². The molecule has 0 spiro atoms. The lowest BCUT2D eigenvalue weighted by Gasteiger charge is -2.07. The fourth-order valence-corrected chi connectivity index (χ4v) is 1.70. The number of oxime groups is 1. The number of rotatable bonds is 5. The molecule has 1 aromatic carbocycles. The molecule has 0 radical (unpaired) electrons. The second kappa shape index (κ2) is 6.90. The van der Waals surface area contributed by atoms with Crippen molar-refractivity contribution < 1.29 is 18.7 Å². The summed E-state index contributed by atoms with van der Waals surface area (Å²) in [6, 6.07) is 6.79. The number of hydrogen-bond donors (Lipinski definition) is 1. The highest BCUT2D eigenvalue weighted by molar-refractivity contribution is 6.12. The zero-order chi connectivity index (χ0) is 15.2. The summed E-state index contributed by atoms with van der Waals surface area (Å²) in [5.41, 5.74) is 1.79. The molecule has 110 valence electrons. The van der Waals surface area contributed by atoms with Crippen molar-refractivity contribution in [2.75, 3.05) is 6.61 Å². The Balaban J connectivity index is 2.44. The molecular weight excluding hydrogens is 278 g/mol. The topological polar surface area (TPSA) is 54.7 Å².